The van der Waals surface area contributed by atoms with Crippen LogP contribution in [0.5, 0.6) is 0 Å². The van der Waals surface area contributed by atoms with Gasteiger partial charge in [0.15, 0.2) is 0 Å². The van der Waals surface area contributed by atoms with Crippen molar-refractivity contribution in [3.63, 3.8) is 0 Å². The second-order valence-corrected chi connectivity index (χ2v) is 6.80. The van der Waals surface area contributed by atoms with Gasteiger partial charge in [-0.05, 0) is 6.42 Å². The molecule has 1 fully saturated rings. The predicted octanol–water partition coefficient (Wildman–Crippen LogP) is 1.61. The number of halogens is 1. The third-order valence-electron chi connectivity index (χ3n) is 4.04. The van der Waals surface area contributed by atoms with Crippen molar-refractivity contribution >= 4 is 40.0 Å². The Bertz CT molecular complexity index is 873. The molecule has 1 saturated heterocycles. The fraction of sp³-hybridized carbons (Fsp3) is 0.400. The molecule has 10 heteroatoms. The van der Waals surface area contributed by atoms with E-state index in [1.165, 1.54) is 6.20 Å². The zero-order valence-electron chi connectivity index (χ0n) is 13.7. The van der Waals surface area contributed by atoms with Crippen LogP contribution in [-0.4, -0.2) is 39.7 Å². The average Bonchev–Trinajstić information content (AvgIpc) is 3.09. The number of hydrogen-bond acceptors (Lipinski definition) is 8. The van der Waals surface area contributed by atoms with Gasteiger partial charge in [0.05, 0.1) is 41.9 Å². The number of thiazole rings is 1. The number of H-pyrrole nitrogens is 1. The second-order valence-electron chi connectivity index (χ2n) is 5.48. The molecule has 2 aromatic heterocycles. The van der Waals surface area contributed by atoms with Crippen molar-refractivity contribution in [1.29, 1.82) is 0 Å². The van der Waals surface area contributed by atoms with E-state index in [1.54, 1.807) is 11.3 Å². The maximum atomic E-state index is 11.6. The SMILES string of the molecule is CCc1ncsc1CN=C1CCN(c2cn[nH]c(=O)c2Cl)CC1=NN. The maximum absolute atomic E-state index is 11.6. The van der Waals surface area contributed by atoms with E-state index in [4.69, 9.17) is 17.4 Å². The van der Waals surface area contributed by atoms with E-state index < -0.39 is 5.56 Å². The van der Waals surface area contributed by atoms with E-state index in [0.717, 1.165) is 22.7 Å². The Kier molecular flexibility index (Phi) is 5.44. The lowest BCUT2D eigenvalue weighted by atomic mass is 10.1. The van der Waals surface area contributed by atoms with Gasteiger partial charge in [-0.2, -0.15) is 10.2 Å². The van der Waals surface area contributed by atoms with Crippen LogP contribution in [0.3, 0.4) is 0 Å². The molecule has 0 unspecified atom stereocenters. The Labute approximate surface area is 153 Å². The Morgan fingerprint density at radius 3 is 3.08 bits per heavy atom. The van der Waals surface area contributed by atoms with Gasteiger partial charge in [0, 0.05) is 17.8 Å². The van der Waals surface area contributed by atoms with E-state index in [-0.39, 0.29) is 5.02 Å². The first kappa shape index (κ1) is 17.6. The normalized spacial score (nSPS) is 18.2. The minimum Gasteiger partial charge on any atom is -0.362 e. The summed E-state index contributed by atoms with van der Waals surface area (Å²) in [5, 5.41) is 10.1. The number of nitrogens with zero attached hydrogens (tertiary/aromatic N) is 5. The molecule has 0 aliphatic carbocycles. The van der Waals surface area contributed by atoms with E-state index in [0.29, 0.717) is 37.5 Å². The second kappa shape index (κ2) is 7.75. The molecule has 0 radical (unpaired) electrons. The number of nitrogens with one attached hydrogen (secondary N) is 1. The molecule has 0 amide bonds. The number of hydrazone groups is 1. The monoisotopic (exact) mass is 379 g/mol. The third-order valence-corrected chi connectivity index (χ3v) is 5.27. The summed E-state index contributed by atoms with van der Waals surface area (Å²) >= 11 is 7.69. The number of aryl methyl sites for hydroxylation is 1. The van der Waals surface area contributed by atoms with Gasteiger partial charge in [0.25, 0.3) is 5.56 Å². The van der Waals surface area contributed by atoms with Crippen molar-refractivity contribution in [2.24, 2.45) is 15.9 Å². The van der Waals surface area contributed by atoms with Crippen molar-refractivity contribution in [1.82, 2.24) is 15.2 Å². The molecule has 1 aliphatic heterocycles. The third kappa shape index (κ3) is 3.72. The molecule has 1 aliphatic rings. The number of hydrogen-bond donors (Lipinski definition) is 2. The molecular formula is C15H18ClN7OS. The van der Waals surface area contributed by atoms with Crippen LogP contribution in [0.2, 0.25) is 5.02 Å². The number of rotatable bonds is 4. The largest absolute Gasteiger partial charge is 0.362 e. The average molecular weight is 380 g/mol. The molecule has 0 saturated carbocycles. The lowest BCUT2D eigenvalue weighted by Gasteiger charge is -2.30. The van der Waals surface area contributed by atoms with Crippen molar-refractivity contribution in [2.45, 2.75) is 26.3 Å². The maximum Gasteiger partial charge on any atom is 0.285 e. The molecule has 0 atom stereocenters. The van der Waals surface area contributed by atoms with E-state index in [1.807, 2.05) is 10.4 Å². The zero-order chi connectivity index (χ0) is 17.8. The minimum absolute atomic E-state index is 0.115. The van der Waals surface area contributed by atoms with Crippen LogP contribution in [0.1, 0.15) is 23.9 Å². The highest BCUT2D eigenvalue weighted by molar-refractivity contribution is 7.09. The van der Waals surface area contributed by atoms with Crippen LogP contribution in [-0.2, 0) is 13.0 Å². The first-order valence-corrected chi connectivity index (χ1v) is 9.09. The molecule has 3 heterocycles. The quantitative estimate of drug-likeness (QED) is 0.619. The van der Waals surface area contributed by atoms with Crippen molar-refractivity contribution in [3.8, 4) is 0 Å². The molecule has 8 nitrogen and oxygen atoms in total. The van der Waals surface area contributed by atoms with Crippen molar-refractivity contribution in [2.75, 3.05) is 18.0 Å². The molecule has 25 heavy (non-hydrogen) atoms. The number of aromatic nitrogens is 3. The predicted molar refractivity (Wildman–Crippen MR) is 101 cm³/mol. The number of anilines is 1. The first-order valence-electron chi connectivity index (χ1n) is 7.83. The molecule has 132 valence electrons. The van der Waals surface area contributed by atoms with Crippen molar-refractivity contribution < 1.29 is 0 Å². The number of aliphatic imine (C=N–C) groups is 1. The van der Waals surface area contributed by atoms with Gasteiger partial charge in [0.1, 0.15) is 10.7 Å². The Morgan fingerprint density at radius 1 is 1.48 bits per heavy atom. The number of aromatic amines is 1. The van der Waals surface area contributed by atoms with Gasteiger partial charge in [-0.15, -0.1) is 11.3 Å². The van der Waals surface area contributed by atoms with E-state index in [2.05, 4.69) is 32.2 Å². The van der Waals surface area contributed by atoms with Gasteiger partial charge >= 0.3 is 0 Å². The molecule has 3 rings (SSSR count). The van der Waals surface area contributed by atoms with Crippen molar-refractivity contribution in [3.05, 3.63) is 37.7 Å². The summed E-state index contributed by atoms with van der Waals surface area (Å²) in [6.45, 7) is 3.75. The fourth-order valence-corrected chi connectivity index (χ4v) is 3.69. The van der Waals surface area contributed by atoms with E-state index in [9.17, 15) is 4.79 Å². The Balaban J connectivity index is 1.77. The van der Waals surface area contributed by atoms with Gasteiger partial charge in [-0.3, -0.25) is 9.79 Å². The Hall–Kier alpha value is -2.26. The van der Waals surface area contributed by atoms with Crippen LogP contribution in [0, 0.1) is 0 Å². The van der Waals surface area contributed by atoms with Gasteiger partial charge < -0.3 is 10.7 Å². The summed E-state index contributed by atoms with van der Waals surface area (Å²) in [5.74, 6) is 5.56. The first-order chi connectivity index (χ1) is 12.1. The van der Waals surface area contributed by atoms with Crippen LogP contribution in [0.15, 0.2) is 26.6 Å². The van der Waals surface area contributed by atoms with E-state index >= 15 is 0 Å². The highest BCUT2D eigenvalue weighted by atomic mass is 35.5. The highest BCUT2D eigenvalue weighted by Crippen LogP contribution is 2.23. The van der Waals surface area contributed by atoms with Gasteiger partial charge in [0.2, 0.25) is 0 Å². The van der Waals surface area contributed by atoms with Crippen LogP contribution in [0.4, 0.5) is 5.69 Å². The molecule has 2 aromatic rings. The fourth-order valence-electron chi connectivity index (χ4n) is 2.70. The Morgan fingerprint density at radius 2 is 2.32 bits per heavy atom. The molecule has 3 N–H and O–H groups in total. The molecular weight excluding hydrogens is 362 g/mol. The van der Waals surface area contributed by atoms with Gasteiger partial charge in [-0.25, -0.2) is 10.1 Å². The number of piperidine rings is 1. The highest BCUT2D eigenvalue weighted by Gasteiger charge is 2.24. The van der Waals surface area contributed by atoms with Crippen LogP contribution in [0.25, 0.3) is 0 Å². The summed E-state index contributed by atoms with van der Waals surface area (Å²) in [4.78, 5) is 23.8. The van der Waals surface area contributed by atoms with Gasteiger partial charge in [-0.1, -0.05) is 18.5 Å². The summed E-state index contributed by atoms with van der Waals surface area (Å²) in [6.07, 6.45) is 3.09. The standard InChI is InChI=1S/C15H18ClN7OS/c1-2-9-13(25-8-19-9)6-18-10-3-4-23(7-11(10)21-17)12-5-20-22-15(24)14(12)16/h5,8H,2-4,6-7,17H2,1H3,(H,22,24). The van der Waals surface area contributed by atoms with Crippen LogP contribution < -0.4 is 16.3 Å². The smallest absolute Gasteiger partial charge is 0.285 e. The molecule has 0 aromatic carbocycles. The topological polar surface area (TPSA) is 113 Å². The summed E-state index contributed by atoms with van der Waals surface area (Å²) in [5.41, 5.74) is 4.65. The molecule has 0 bridgehead atoms. The van der Waals surface area contributed by atoms with Crippen LogP contribution >= 0.6 is 22.9 Å². The lowest BCUT2D eigenvalue weighted by molar-refractivity contribution is 0.842. The number of nitrogens with two attached hydrogens (primary N) is 1. The summed E-state index contributed by atoms with van der Waals surface area (Å²) in [6, 6.07) is 0. The zero-order valence-corrected chi connectivity index (χ0v) is 15.3. The minimum atomic E-state index is -0.415. The molecule has 0 spiro atoms. The summed E-state index contributed by atoms with van der Waals surface area (Å²) in [7, 11) is 0. The lowest BCUT2D eigenvalue weighted by Crippen LogP contribution is -2.42. The summed E-state index contributed by atoms with van der Waals surface area (Å²) < 4.78 is 0.